The van der Waals surface area contributed by atoms with E-state index in [1.54, 1.807) is 0 Å². The van der Waals surface area contributed by atoms with E-state index < -0.39 is 0 Å². The monoisotopic (exact) mass is 338 g/mol. The van der Waals surface area contributed by atoms with Crippen molar-refractivity contribution >= 4 is 39.9 Å². The minimum absolute atomic E-state index is 0. The van der Waals surface area contributed by atoms with Crippen LogP contribution in [0.5, 0.6) is 0 Å². The van der Waals surface area contributed by atoms with Crippen LogP contribution in [0.4, 0.5) is 0 Å². The van der Waals surface area contributed by atoms with Gasteiger partial charge in [0.25, 0.3) is 0 Å². The minimum atomic E-state index is 0. The van der Waals surface area contributed by atoms with Gasteiger partial charge in [0, 0.05) is 36.7 Å². The van der Waals surface area contributed by atoms with Crippen molar-refractivity contribution in [1.29, 1.82) is 0 Å². The van der Waals surface area contributed by atoms with Crippen LogP contribution in [0.25, 0.3) is 0 Å². The van der Waals surface area contributed by atoms with Crippen LogP contribution >= 0.6 is 39.9 Å². The molecule has 0 bridgehead atoms. The first-order valence-corrected chi connectivity index (χ1v) is 6.72. The van der Waals surface area contributed by atoms with E-state index in [1.807, 2.05) is 12.1 Å². The molecule has 1 heterocycles. The van der Waals surface area contributed by atoms with Crippen LogP contribution in [0.3, 0.4) is 0 Å². The van der Waals surface area contributed by atoms with Crippen LogP contribution in [0.1, 0.15) is 12.5 Å². The lowest BCUT2D eigenvalue weighted by molar-refractivity contribution is 0.199. The molecule has 1 aromatic carbocycles. The van der Waals surface area contributed by atoms with E-state index in [1.165, 1.54) is 5.56 Å². The molecule has 1 aromatic rings. The zero-order valence-electron chi connectivity index (χ0n) is 9.75. The zero-order chi connectivity index (χ0) is 11.5. The smallest absolute Gasteiger partial charge is 0.0551 e. The summed E-state index contributed by atoms with van der Waals surface area (Å²) in [5, 5.41) is 4.24. The van der Waals surface area contributed by atoms with Crippen molar-refractivity contribution in [3.05, 3.63) is 33.3 Å². The Balaban J connectivity index is 0.00000144. The fraction of sp³-hybridized carbons (Fsp3) is 0.500. The molecule has 1 saturated heterocycles. The van der Waals surface area contributed by atoms with Gasteiger partial charge in [0.05, 0.1) is 5.02 Å². The Morgan fingerprint density at radius 1 is 1.53 bits per heavy atom. The van der Waals surface area contributed by atoms with Gasteiger partial charge in [0.2, 0.25) is 0 Å². The summed E-state index contributed by atoms with van der Waals surface area (Å²) in [6.45, 7) is 6.50. The Bertz CT molecular complexity index is 374. The third-order valence-corrected chi connectivity index (χ3v) is 4.08. The van der Waals surface area contributed by atoms with Crippen molar-refractivity contribution in [1.82, 2.24) is 10.2 Å². The summed E-state index contributed by atoms with van der Waals surface area (Å²) >= 11 is 9.49. The van der Waals surface area contributed by atoms with E-state index in [9.17, 15) is 0 Å². The Hall–Kier alpha value is 0.200. The van der Waals surface area contributed by atoms with Gasteiger partial charge in [-0.3, -0.25) is 4.90 Å². The number of benzene rings is 1. The molecule has 1 unspecified atom stereocenters. The lowest BCUT2D eigenvalue weighted by Gasteiger charge is -2.31. The highest BCUT2D eigenvalue weighted by Gasteiger charge is 2.15. The number of nitrogens with zero attached hydrogens (tertiary/aromatic N) is 1. The molecule has 2 rings (SSSR count). The highest BCUT2D eigenvalue weighted by atomic mass is 79.9. The predicted molar refractivity (Wildman–Crippen MR) is 79.1 cm³/mol. The molecule has 0 amide bonds. The standard InChI is InChI=1S/C12H16BrClN2.ClH/c1-9-7-16(5-4-15-9)8-10-2-3-11(13)12(14)6-10;/h2-3,6,9,15H,4-5,7-8H2,1H3;1H. The number of rotatable bonds is 2. The van der Waals surface area contributed by atoms with E-state index in [4.69, 9.17) is 11.6 Å². The van der Waals surface area contributed by atoms with E-state index in [0.29, 0.717) is 6.04 Å². The third kappa shape index (κ3) is 4.42. The van der Waals surface area contributed by atoms with E-state index >= 15 is 0 Å². The van der Waals surface area contributed by atoms with Crippen LogP contribution in [0, 0.1) is 0 Å². The Morgan fingerprint density at radius 3 is 2.94 bits per heavy atom. The minimum Gasteiger partial charge on any atom is -0.312 e. The van der Waals surface area contributed by atoms with Crippen molar-refractivity contribution in [2.45, 2.75) is 19.5 Å². The molecular formula is C12H17BrCl2N2. The van der Waals surface area contributed by atoms with Crippen molar-refractivity contribution < 1.29 is 0 Å². The molecule has 0 aliphatic carbocycles. The van der Waals surface area contributed by atoms with Gasteiger partial charge in [-0.05, 0) is 40.5 Å². The third-order valence-electron chi connectivity index (χ3n) is 2.84. The molecule has 2 nitrogen and oxygen atoms in total. The average molecular weight is 340 g/mol. The number of piperazine rings is 1. The second kappa shape index (κ2) is 6.95. The maximum atomic E-state index is 6.08. The molecule has 1 aliphatic rings. The van der Waals surface area contributed by atoms with Gasteiger partial charge in [0.1, 0.15) is 0 Å². The van der Waals surface area contributed by atoms with Gasteiger partial charge in [0.15, 0.2) is 0 Å². The van der Waals surface area contributed by atoms with E-state index in [2.05, 4.69) is 39.1 Å². The maximum Gasteiger partial charge on any atom is 0.0551 e. The van der Waals surface area contributed by atoms with Crippen LogP contribution < -0.4 is 5.32 Å². The summed E-state index contributed by atoms with van der Waals surface area (Å²) in [5.74, 6) is 0. The molecule has 1 aliphatic heterocycles. The molecule has 1 atom stereocenters. The lowest BCUT2D eigenvalue weighted by Crippen LogP contribution is -2.48. The fourth-order valence-corrected chi connectivity index (χ4v) is 2.50. The maximum absolute atomic E-state index is 6.08. The summed E-state index contributed by atoms with van der Waals surface area (Å²) in [7, 11) is 0. The van der Waals surface area contributed by atoms with E-state index in [-0.39, 0.29) is 12.4 Å². The number of hydrogen-bond acceptors (Lipinski definition) is 2. The molecule has 5 heteroatoms. The highest BCUT2D eigenvalue weighted by Crippen LogP contribution is 2.23. The largest absolute Gasteiger partial charge is 0.312 e. The quantitative estimate of drug-likeness (QED) is 0.889. The normalized spacial score (nSPS) is 21.0. The van der Waals surface area contributed by atoms with Gasteiger partial charge in [-0.1, -0.05) is 17.7 Å². The first kappa shape index (κ1) is 15.3. The molecule has 0 aromatic heterocycles. The van der Waals surface area contributed by atoms with Crippen molar-refractivity contribution in [2.75, 3.05) is 19.6 Å². The Kier molecular flexibility index (Phi) is 6.24. The highest BCUT2D eigenvalue weighted by molar-refractivity contribution is 9.10. The molecular weight excluding hydrogens is 323 g/mol. The molecule has 1 N–H and O–H groups in total. The predicted octanol–water partition coefficient (Wildman–Crippen LogP) is 3.32. The number of nitrogens with one attached hydrogen (secondary N) is 1. The number of hydrogen-bond donors (Lipinski definition) is 1. The summed E-state index contributed by atoms with van der Waals surface area (Å²) in [6, 6.07) is 6.77. The van der Waals surface area contributed by atoms with Gasteiger partial charge >= 0.3 is 0 Å². The van der Waals surface area contributed by atoms with Crippen LogP contribution in [0.2, 0.25) is 5.02 Å². The molecule has 1 fully saturated rings. The topological polar surface area (TPSA) is 15.3 Å². The summed E-state index contributed by atoms with van der Waals surface area (Å²) in [6.07, 6.45) is 0. The second-order valence-corrected chi connectivity index (χ2v) is 5.60. The van der Waals surface area contributed by atoms with E-state index in [0.717, 1.165) is 35.7 Å². The molecule has 0 spiro atoms. The summed E-state index contributed by atoms with van der Waals surface area (Å²) < 4.78 is 0.964. The average Bonchev–Trinajstić information content (AvgIpc) is 2.24. The van der Waals surface area contributed by atoms with Crippen molar-refractivity contribution in [2.24, 2.45) is 0 Å². The first-order valence-electron chi connectivity index (χ1n) is 5.55. The molecule has 0 saturated carbocycles. The van der Waals surface area contributed by atoms with Gasteiger partial charge in [-0.15, -0.1) is 12.4 Å². The lowest BCUT2D eigenvalue weighted by atomic mass is 10.1. The number of halogens is 3. The molecule has 0 radical (unpaired) electrons. The summed E-state index contributed by atoms with van der Waals surface area (Å²) in [4.78, 5) is 2.46. The SMILES string of the molecule is CC1CN(Cc2ccc(Br)c(Cl)c2)CCN1.Cl. The second-order valence-electron chi connectivity index (χ2n) is 4.34. The van der Waals surface area contributed by atoms with Crippen molar-refractivity contribution in [3.8, 4) is 0 Å². The fourth-order valence-electron chi connectivity index (χ4n) is 2.05. The molecule has 17 heavy (non-hydrogen) atoms. The van der Waals surface area contributed by atoms with Crippen LogP contribution in [-0.4, -0.2) is 30.6 Å². The van der Waals surface area contributed by atoms with Gasteiger partial charge < -0.3 is 5.32 Å². The Labute approximate surface area is 122 Å². The van der Waals surface area contributed by atoms with Crippen molar-refractivity contribution in [3.63, 3.8) is 0 Å². The first-order chi connectivity index (χ1) is 7.65. The van der Waals surface area contributed by atoms with Crippen LogP contribution in [0.15, 0.2) is 22.7 Å². The van der Waals surface area contributed by atoms with Gasteiger partial charge in [-0.25, -0.2) is 0 Å². The summed E-state index contributed by atoms with van der Waals surface area (Å²) in [5.41, 5.74) is 1.28. The Morgan fingerprint density at radius 2 is 2.29 bits per heavy atom. The van der Waals surface area contributed by atoms with Crippen LogP contribution in [-0.2, 0) is 6.54 Å². The zero-order valence-corrected chi connectivity index (χ0v) is 12.9. The van der Waals surface area contributed by atoms with Gasteiger partial charge in [-0.2, -0.15) is 0 Å². The molecule has 96 valence electrons.